The van der Waals surface area contributed by atoms with Crippen LogP contribution in [0.25, 0.3) is 10.8 Å². The fourth-order valence-corrected chi connectivity index (χ4v) is 2.39. The monoisotopic (exact) mass is 291 g/mol. The third kappa shape index (κ3) is 2.79. The van der Waals surface area contributed by atoms with E-state index in [0.717, 1.165) is 27.8 Å². The maximum atomic E-state index is 12.5. The first-order valence-electron chi connectivity index (χ1n) is 7.12. The van der Waals surface area contributed by atoms with Crippen LogP contribution in [-0.4, -0.2) is 13.0 Å². The zero-order chi connectivity index (χ0) is 15.5. The molecule has 3 aromatic rings. The Balaban J connectivity index is 1.90. The van der Waals surface area contributed by atoms with Gasteiger partial charge in [-0.05, 0) is 41.5 Å². The summed E-state index contributed by atoms with van der Waals surface area (Å²) >= 11 is 0. The lowest BCUT2D eigenvalue weighted by Gasteiger charge is -2.10. The van der Waals surface area contributed by atoms with Crippen molar-refractivity contribution in [1.82, 2.24) is 0 Å². The number of hydrogen-bond acceptors (Lipinski definition) is 2. The van der Waals surface area contributed by atoms with Crippen LogP contribution < -0.4 is 10.1 Å². The summed E-state index contributed by atoms with van der Waals surface area (Å²) < 4.78 is 5.20. The molecule has 0 atom stereocenters. The highest BCUT2D eigenvalue weighted by molar-refractivity contribution is 6.06. The zero-order valence-electron chi connectivity index (χ0n) is 12.6. The molecule has 0 saturated carbocycles. The van der Waals surface area contributed by atoms with Crippen LogP contribution in [-0.2, 0) is 0 Å². The summed E-state index contributed by atoms with van der Waals surface area (Å²) in [5.41, 5.74) is 2.40. The number of carbonyl (C=O) groups excluding carboxylic acids is 1. The van der Waals surface area contributed by atoms with Crippen molar-refractivity contribution in [2.24, 2.45) is 0 Å². The predicted octanol–water partition coefficient (Wildman–Crippen LogP) is 4.41. The van der Waals surface area contributed by atoms with Crippen LogP contribution in [0.15, 0.2) is 60.7 Å². The number of methoxy groups -OCH3 is 1. The van der Waals surface area contributed by atoms with Crippen molar-refractivity contribution in [3.05, 3.63) is 71.8 Å². The van der Waals surface area contributed by atoms with Crippen LogP contribution in [0.3, 0.4) is 0 Å². The minimum Gasteiger partial charge on any atom is -0.497 e. The van der Waals surface area contributed by atoms with Gasteiger partial charge in [-0.2, -0.15) is 0 Å². The summed E-state index contributed by atoms with van der Waals surface area (Å²) in [5.74, 6) is 0.599. The van der Waals surface area contributed by atoms with Gasteiger partial charge in [0.15, 0.2) is 0 Å². The molecule has 22 heavy (non-hydrogen) atoms. The van der Waals surface area contributed by atoms with Crippen LogP contribution in [0, 0.1) is 6.92 Å². The molecule has 3 aromatic carbocycles. The van der Waals surface area contributed by atoms with E-state index in [1.54, 1.807) is 7.11 Å². The second kappa shape index (κ2) is 5.90. The van der Waals surface area contributed by atoms with E-state index in [1.165, 1.54) is 0 Å². The number of anilines is 1. The van der Waals surface area contributed by atoms with Crippen LogP contribution in [0.5, 0.6) is 5.75 Å². The van der Waals surface area contributed by atoms with Crippen molar-refractivity contribution in [1.29, 1.82) is 0 Å². The number of hydrogen-bond donors (Lipinski definition) is 1. The second-order valence-electron chi connectivity index (χ2n) is 5.20. The summed E-state index contributed by atoms with van der Waals surface area (Å²) in [6, 6.07) is 19.3. The lowest BCUT2D eigenvalue weighted by Crippen LogP contribution is -2.12. The van der Waals surface area contributed by atoms with Crippen molar-refractivity contribution in [3.63, 3.8) is 0 Å². The van der Waals surface area contributed by atoms with E-state index in [0.29, 0.717) is 5.56 Å². The largest absolute Gasteiger partial charge is 0.497 e. The van der Waals surface area contributed by atoms with Gasteiger partial charge in [0.05, 0.1) is 7.11 Å². The second-order valence-corrected chi connectivity index (χ2v) is 5.20. The number of carbonyl (C=O) groups is 1. The molecule has 0 aromatic heterocycles. The first-order valence-corrected chi connectivity index (χ1v) is 7.12. The lowest BCUT2D eigenvalue weighted by atomic mass is 10.1. The van der Waals surface area contributed by atoms with Gasteiger partial charge >= 0.3 is 0 Å². The van der Waals surface area contributed by atoms with Gasteiger partial charge in [0.1, 0.15) is 5.75 Å². The Bertz CT molecular complexity index is 840. The number of aryl methyl sites for hydroxylation is 1. The molecule has 0 bridgehead atoms. The van der Waals surface area contributed by atoms with Gasteiger partial charge in [0, 0.05) is 17.3 Å². The highest BCUT2D eigenvalue weighted by atomic mass is 16.5. The molecule has 3 nitrogen and oxygen atoms in total. The summed E-state index contributed by atoms with van der Waals surface area (Å²) in [6.45, 7) is 1.95. The maximum absolute atomic E-state index is 12.5. The van der Waals surface area contributed by atoms with E-state index in [4.69, 9.17) is 4.74 Å². The predicted molar refractivity (Wildman–Crippen MR) is 89.6 cm³/mol. The van der Waals surface area contributed by atoms with E-state index >= 15 is 0 Å². The molecule has 0 aliphatic heterocycles. The minimum absolute atomic E-state index is 0.123. The molecule has 0 spiro atoms. The summed E-state index contributed by atoms with van der Waals surface area (Å²) in [7, 11) is 1.61. The molecule has 0 heterocycles. The molecule has 0 radical (unpaired) electrons. The Hall–Kier alpha value is -2.81. The molecule has 1 N–H and O–H groups in total. The quantitative estimate of drug-likeness (QED) is 0.776. The van der Waals surface area contributed by atoms with Crippen molar-refractivity contribution >= 4 is 22.4 Å². The fourth-order valence-electron chi connectivity index (χ4n) is 2.39. The molecule has 110 valence electrons. The van der Waals surface area contributed by atoms with Gasteiger partial charge in [0.2, 0.25) is 0 Å². The van der Waals surface area contributed by atoms with Gasteiger partial charge in [-0.25, -0.2) is 0 Å². The van der Waals surface area contributed by atoms with Crippen molar-refractivity contribution in [2.45, 2.75) is 6.92 Å². The Labute approximate surface area is 129 Å². The highest BCUT2D eigenvalue weighted by Gasteiger charge is 2.09. The molecular formula is C19H17NO2. The van der Waals surface area contributed by atoms with Crippen LogP contribution in [0.2, 0.25) is 0 Å². The van der Waals surface area contributed by atoms with Crippen LogP contribution >= 0.6 is 0 Å². The molecule has 1 amide bonds. The smallest absolute Gasteiger partial charge is 0.255 e. The van der Waals surface area contributed by atoms with Crippen molar-refractivity contribution in [2.75, 3.05) is 12.4 Å². The average molecular weight is 291 g/mol. The van der Waals surface area contributed by atoms with E-state index in [-0.39, 0.29) is 5.91 Å². The standard InChI is InChI=1S/C19H17NO2/c1-13-7-10-17(22-2)12-18(13)20-19(21)16-9-8-14-5-3-4-6-15(14)11-16/h3-12H,1-2H3,(H,20,21). The van der Waals surface area contributed by atoms with E-state index in [1.807, 2.05) is 67.6 Å². The number of ether oxygens (including phenoxy) is 1. The maximum Gasteiger partial charge on any atom is 0.255 e. The lowest BCUT2D eigenvalue weighted by molar-refractivity contribution is 0.102. The third-order valence-corrected chi connectivity index (χ3v) is 3.70. The number of amides is 1. The van der Waals surface area contributed by atoms with Gasteiger partial charge < -0.3 is 10.1 Å². The van der Waals surface area contributed by atoms with Crippen molar-refractivity contribution < 1.29 is 9.53 Å². The Morgan fingerprint density at radius 3 is 2.50 bits per heavy atom. The number of fused-ring (bicyclic) bond motifs is 1. The molecule has 3 heteroatoms. The first kappa shape index (κ1) is 14.1. The summed E-state index contributed by atoms with van der Waals surface area (Å²) in [6.07, 6.45) is 0. The van der Waals surface area contributed by atoms with E-state index < -0.39 is 0 Å². The summed E-state index contributed by atoms with van der Waals surface area (Å²) in [4.78, 5) is 12.5. The van der Waals surface area contributed by atoms with Crippen LogP contribution in [0.1, 0.15) is 15.9 Å². The normalized spacial score (nSPS) is 10.5. The van der Waals surface area contributed by atoms with Gasteiger partial charge in [-0.1, -0.05) is 36.4 Å². The SMILES string of the molecule is COc1ccc(C)c(NC(=O)c2ccc3ccccc3c2)c1. The molecule has 0 aliphatic rings. The average Bonchev–Trinajstić information content (AvgIpc) is 2.56. The van der Waals surface area contributed by atoms with E-state index in [9.17, 15) is 4.79 Å². The van der Waals surface area contributed by atoms with Gasteiger partial charge in [-0.15, -0.1) is 0 Å². The van der Waals surface area contributed by atoms with Crippen molar-refractivity contribution in [3.8, 4) is 5.75 Å². The minimum atomic E-state index is -0.123. The van der Waals surface area contributed by atoms with Gasteiger partial charge in [-0.3, -0.25) is 4.79 Å². The molecule has 3 rings (SSSR count). The number of nitrogens with one attached hydrogen (secondary N) is 1. The molecule has 0 fully saturated rings. The molecular weight excluding hydrogens is 274 g/mol. The Morgan fingerprint density at radius 2 is 1.73 bits per heavy atom. The highest BCUT2D eigenvalue weighted by Crippen LogP contribution is 2.23. The Kier molecular flexibility index (Phi) is 3.79. The molecule has 0 aliphatic carbocycles. The number of benzene rings is 3. The summed E-state index contributed by atoms with van der Waals surface area (Å²) in [5, 5.41) is 5.12. The topological polar surface area (TPSA) is 38.3 Å². The van der Waals surface area contributed by atoms with Crippen LogP contribution in [0.4, 0.5) is 5.69 Å². The molecule has 0 saturated heterocycles. The third-order valence-electron chi connectivity index (χ3n) is 3.70. The molecule has 0 unspecified atom stereocenters. The number of rotatable bonds is 3. The first-order chi connectivity index (χ1) is 10.7. The zero-order valence-corrected chi connectivity index (χ0v) is 12.6. The van der Waals surface area contributed by atoms with Gasteiger partial charge in [0.25, 0.3) is 5.91 Å². The van der Waals surface area contributed by atoms with E-state index in [2.05, 4.69) is 5.32 Å². The fraction of sp³-hybridized carbons (Fsp3) is 0.105. The Morgan fingerprint density at radius 1 is 0.955 bits per heavy atom.